The lowest BCUT2D eigenvalue weighted by Crippen LogP contribution is -2.35. The van der Waals surface area contributed by atoms with Gasteiger partial charge in [-0.15, -0.1) is 11.3 Å². The number of hydrogen-bond acceptors (Lipinski definition) is 3. The minimum Gasteiger partial charge on any atom is -0.335 e. The lowest BCUT2D eigenvalue weighted by atomic mass is 10.0. The number of ketones is 1. The lowest BCUT2D eigenvalue weighted by molar-refractivity contribution is -0.130. The van der Waals surface area contributed by atoms with Crippen LogP contribution in [-0.2, 0) is 4.79 Å². The number of hydrogen-bond donors (Lipinski definition) is 0. The van der Waals surface area contributed by atoms with Crippen LogP contribution in [0.1, 0.15) is 36.5 Å². The van der Waals surface area contributed by atoms with Crippen LogP contribution >= 0.6 is 43.2 Å². The highest BCUT2D eigenvalue weighted by molar-refractivity contribution is 9.12. The van der Waals surface area contributed by atoms with E-state index in [1.165, 1.54) is 11.3 Å². The first kappa shape index (κ1) is 15.2. The zero-order valence-corrected chi connectivity index (χ0v) is 14.6. The van der Waals surface area contributed by atoms with Gasteiger partial charge in [0, 0.05) is 18.5 Å². The molecule has 0 spiro atoms. The Balaban J connectivity index is 2.05. The van der Waals surface area contributed by atoms with E-state index in [2.05, 4.69) is 38.8 Å². The molecular formula is C13H15Br2NO2S. The molecule has 0 radical (unpaired) electrons. The topological polar surface area (TPSA) is 37.4 Å². The molecule has 0 bridgehead atoms. The Hall–Kier alpha value is -0.200. The summed E-state index contributed by atoms with van der Waals surface area (Å²) in [6.45, 7) is 3.03. The Morgan fingerprint density at radius 2 is 2.21 bits per heavy atom. The molecule has 1 aliphatic rings. The average molecular weight is 409 g/mol. The van der Waals surface area contributed by atoms with E-state index in [0.29, 0.717) is 24.4 Å². The van der Waals surface area contributed by atoms with Crippen molar-refractivity contribution in [1.29, 1.82) is 0 Å². The Morgan fingerprint density at radius 3 is 2.84 bits per heavy atom. The number of thiophene rings is 1. The maximum Gasteiger partial charge on any atom is 0.222 e. The molecule has 1 aromatic rings. The van der Waals surface area contributed by atoms with Crippen LogP contribution in [0.2, 0.25) is 0 Å². The third-order valence-electron chi connectivity index (χ3n) is 3.39. The smallest absolute Gasteiger partial charge is 0.222 e. The van der Waals surface area contributed by atoms with Gasteiger partial charge in [0.2, 0.25) is 5.91 Å². The Kier molecular flexibility index (Phi) is 5.20. The summed E-state index contributed by atoms with van der Waals surface area (Å²) in [5, 5.41) is 0. The van der Waals surface area contributed by atoms with Gasteiger partial charge in [-0.05, 0) is 56.7 Å². The maximum absolute atomic E-state index is 12.2. The van der Waals surface area contributed by atoms with Crippen molar-refractivity contribution < 1.29 is 9.59 Å². The zero-order valence-electron chi connectivity index (χ0n) is 10.6. The second kappa shape index (κ2) is 6.50. The molecule has 0 aromatic carbocycles. The van der Waals surface area contributed by atoms with Crippen LogP contribution in [0.5, 0.6) is 0 Å². The molecule has 19 heavy (non-hydrogen) atoms. The van der Waals surface area contributed by atoms with Crippen LogP contribution in [0.15, 0.2) is 13.6 Å². The first-order chi connectivity index (χ1) is 8.97. The fourth-order valence-electron chi connectivity index (χ4n) is 2.13. The molecule has 1 aliphatic heterocycles. The normalized spacial score (nSPS) is 20.5. The molecule has 0 N–H and O–H groups in total. The fraction of sp³-hybridized carbons (Fsp3) is 0.538. The second-order valence-electron chi connectivity index (χ2n) is 4.91. The fourth-order valence-corrected chi connectivity index (χ4v) is 4.99. The number of nitrogens with zero attached hydrogens (tertiary/aromatic N) is 1. The highest BCUT2D eigenvalue weighted by Gasteiger charge is 2.24. The molecule has 2 heterocycles. The average Bonchev–Trinajstić information content (AvgIpc) is 2.61. The van der Waals surface area contributed by atoms with E-state index >= 15 is 0 Å². The maximum atomic E-state index is 12.2. The number of carbonyl (C=O) groups is 2. The van der Waals surface area contributed by atoms with E-state index in [1.807, 2.05) is 6.07 Å². The number of amides is 1. The Labute approximate surface area is 133 Å². The summed E-state index contributed by atoms with van der Waals surface area (Å²) in [6.07, 6.45) is 2.47. The number of rotatable bonds is 3. The summed E-state index contributed by atoms with van der Waals surface area (Å²) in [6, 6.07) is 1.81. The molecule has 3 nitrogen and oxygen atoms in total. The van der Waals surface area contributed by atoms with E-state index in [-0.39, 0.29) is 18.2 Å². The third-order valence-corrected chi connectivity index (χ3v) is 5.73. The zero-order chi connectivity index (χ0) is 14.0. The van der Waals surface area contributed by atoms with E-state index in [1.54, 1.807) is 4.90 Å². The van der Waals surface area contributed by atoms with Crippen molar-refractivity contribution in [3.8, 4) is 0 Å². The van der Waals surface area contributed by atoms with Crippen LogP contribution < -0.4 is 0 Å². The molecule has 2 rings (SSSR count). The number of halogens is 2. The van der Waals surface area contributed by atoms with Gasteiger partial charge < -0.3 is 4.90 Å². The van der Waals surface area contributed by atoms with Gasteiger partial charge in [-0.3, -0.25) is 9.59 Å². The molecule has 0 aliphatic carbocycles. The van der Waals surface area contributed by atoms with Gasteiger partial charge >= 0.3 is 0 Å². The van der Waals surface area contributed by atoms with Gasteiger partial charge in [-0.1, -0.05) is 6.92 Å². The van der Waals surface area contributed by atoms with Crippen LogP contribution in [0.4, 0.5) is 0 Å². The molecule has 1 unspecified atom stereocenters. The van der Waals surface area contributed by atoms with Crippen LogP contribution in [0.3, 0.4) is 0 Å². The molecular weight excluding hydrogens is 394 g/mol. The van der Waals surface area contributed by atoms with Crippen LogP contribution in [-0.4, -0.2) is 29.7 Å². The van der Waals surface area contributed by atoms with Gasteiger partial charge in [0.1, 0.15) is 0 Å². The quantitative estimate of drug-likeness (QED) is 0.706. The molecule has 1 saturated heterocycles. The van der Waals surface area contributed by atoms with Crippen molar-refractivity contribution in [3.05, 3.63) is 19.2 Å². The summed E-state index contributed by atoms with van der Waals surface area (Å²) in [7, 11) is 0. The minimum absolute atomic E-state index is 0.00303. The largest absolute Gasteiger partial charge is 0.335 e. The number of Topliss-reactive ketones (excluding diaryl/α,β-unsaturated/α-hetero) is 1. The van der Waals surface area contributed by atoms with Gasteiger partial charge in [-0.2, -0.15) is 0 Å². The molecule has 1 amide bonds. The summed E-state index contributed by atoms with van der Waals surface area (Å²) in [5.41, 5.74) is 0.655. The molecule has 0 saturated carbocycles. The highest BCUT2D eigenvalue weighted by Crippen LogP contribution is 2.32. The predicted molar refractivity (Wildman–Crippen MR) is 83.6 cm³/mol. The molecule has 6 heteroatoms. The molecule has 1 fully saturated rings. The second-order valence-corrected chi connectivity index (χ2v) is 8.66. The SMILES string of the molecule is CC1CCC(=O)N(CC(=O)c2cc(Br)sc2Br)CC1. The monoisotopic (exact) mass is 407 g/mol. The van der Waals surface area contributed by atoms with Crippen molar-refractivity contribution in [2.45, 2.75) is 26.2 Å². The molecule has 1 aromatic heterocycles. The van der Waals surface area contributed by atoms with E-state index in [0.717, 1.165) is 20.4 Å². The van der Waals surface area contributed by atoms with Crippen molar-refractivity contribution in [3.63, 3.8) is 0 Å². The Bertz CT molecular complexity index is 501. The predicted octanol–water partition coefficient (Wildman–Crippen LogP) is 4.10. The summed E-state index contributed by atoms with van der Waals surface area (Å²) >= 11 is 8.23. The van der Waals surface area contributed by atoms with E-state index < -0.39 is 0 Å². The van der Waals surface area contributed by atoms with Crippen molar-refractivity contribution in [2.75, 3.05) is 13.1 Å². The first-order valence-corrected chi connectivity index (χ1v) is 8.63. The highest BCUT2D eigenvalue weighted by atomic mass is 79.9. The number of likely N-dealkylation sites (tertiary alicyclic amines) is 1. The summed E-state index contributed by atoms with van der Waals surface area (Å²) in [4.78, 5) is 25.9. The van der Waals surface area contributed by atoms with Crippen LogP contribution in [0.25, 0.3) is 0 Å². The van der Waals surface area contributed by atoms with Gasteiger partial charge in [0.05, 0.1) is 14.1 Å². The van der Waals surface area contributed by atoms with Crippen molar-refractivity contribution in [2.24, 2.45) is 5.92 Å². The molecule has 1 atom stereocenters. The lowest BCUT2D eigenvalue weighted by Gasteiger charge is -2.19. The summed E-state index contributed by atoms with van der Waals surface area (Å²) < 4.78 is 1.73. The first-order valence-electron chi connectivity index (χ1n) is 6.23. The van der Waals surface area contributed by atoms with Crippen molar-refractivity contribution in [1.82, 2.24) is 4.90 Å². The minimum atomic E-state index is -0.00303. The Morgan fingerprint density at radius 1 is 1.47 bits per heavy atom. The van der Waals surface area contributed by atoms with E-state index in [9.17, 15) is 9.59 Å². The van der Waals surface area contributed by atoms with Gasteiger partial charge in [0.25, 0.3) is 0 Å². The molecule has 104 valence electrons. The third kappa shape index (κ3) is 3.89. The van der Waals surface area contributed by atoms with Gasteiger partial charge in [0.15, 0.2) is 5.78 Å². The van der Waals surface area contributed by atoms with Crippen molar-refractivity contribution >= 4 is 54.9 Å². The summed E-state index contributed by atoms with van der Waals surface area (Å²) in [5.74, 6) is 0.658. The standard InChI is InChI=1S/C13H15Br2NO2S/c1-8-2-3-12(18)16(5-4-8)7-10(17)9-6-11(14)19-13(9)15/h6,8H,2-5,7H2,1H3. The van der Waals surface area contributed by atoms with Crippen LogP contribution in [0, 0.1) is 5.92 Å². The number of carbonyl (C=O) groups excluding carboxylic acids is 2. The van der Waals surface area contributed by atoms with Gasteiger partial charge in [-0.25, -0.2) is 0 Å². The van der Waals surface area contributed by atoms with E-state index in [4.69, 9.17) is 0 Å².